The number of ketones is 1. The van der Waals surface area contributed by atoms with E-state index in [-0.39, 0.29) is 22.7 Å². The van der Waals surface area contributed by atoms with Crippen LogP contribution in [0.25, 0.3) is 0 Å². The summed E-state index contributed by atoms with van der Waals surface area (Å²) in [7, 11) is -5.51. The normalized spacial score (nSPS) is 11.7. The zero-order chi connectivity index (χ0) is 19.5. The minimum atomic E-state index is -5.51. The highest BCUT2D eigenvalue weighted by Crippen LogP contribution is 2.26. The third-order valence-electron chi connectivity index (χ3n) is 3.23. The van der Waals surface area contributed by atoms with E-state index in [9.17, 15) is 31.2 Å². The zero-order valence-electron chi connectivity index (χ0n) is 13.3. The van der Waals surface area contributed by atoms with Crippen molar-refractivity contribution in [2.24, 2.45) is 0 Å². The van der Waals surface area contributed by atoms with Crippen LogP contribution in [-0.2, 0) is 10.0 Å². The van der Waals surface area contributed by atoms with Gasteiger partial charge in [0, 0.05) is 22.5 Å². The number of halogens is 3. The van der Waals surface area contributed by atoms with Crippen LogP contribution >= 0.6 is 0 Å². The van der Waals surface area contributed by atoms with Gasteiger partial charge in [-0.05, 0) is 43.3 Å². The fourth-order valence-corrected chi connectivity index (χ4v) is 2.48. The molecule has 0 saturated carbocycles. The number of carbonyl (C=O) groups is 2. The highest BCUT2D eigenvalue weighted by Gasteiger charge is 2.45. The van der Waals surface area contributed by atoms with Crippen molar-refractivity contribution >= 4 is 33.1 Å². The molecule has 2 N–H and O–H groups in total. The van der Waals surface area contributed by atoms with Gasteiger partial charge in [0.1, 0.15) is 0 Å². The summed E-state index contributed by atoms with van der Waals surface area (Å²) in [6.07, 6.45) is 0. The molecule has 6 nitrogen and oxygen atoms in total. The van der Waals surface area contributed by atoms with Crippen molar-refractivity contribution in [1.29, 1.82) is 0 Å². The molecule has 2 aromatic rings. The van der Waals surface area contributed by atoms with Crippen LogP contribution in [0.5, 0.6) is 0 Å². The first-order chi connectivity index (χ1) is 12.0. The topological polar surface area (TPSA) is 92.3 Å². The summed E-state index contributed by atoms with van der Waals surface area (Å²) in [6.45, 7) is 1.36. The molecule has 138 valence electrons. The lowest BCUT2D eigenvalue weighted by atomic mass is 10.1. The van der Waals surface area contributed by atoms with Gasteiger partial charge in [0.2, 0.25) is 0 Å². The summed E-state index contributed by atoms with van der Waals surface area (Å²) in [5.74, 6) is -0.738. The van der Waals surface area contributed by atoms with Crippen LogP contribution in [0, 0.1) is 0 Å². The Balaban J connectivity index is 2.11. The van der Waals surface area contributed by atoms with Crippen molar-refractivity contribution in [2.45, 2.75) is 12.4 Å². The Kier molecular flexibility index (Phi) is 5.36. The van der Waals surface area contributed by atoms with Crippen molar-refractivity contribution in [3.05, 3.63) is 59.7 Å². The second kappa shape index (κ2) is 7.16. The Morgan fingerprint density at radius 3 is 2.00 bits per heavy atom. The molecule has 0 heterocycles. The average molecular weight is 386 g/mol. The predicted molar refractivity (Wildman–Crippen MR) is 89.4 cm³/mol. The van der Waals surface area contributed by atoms with Gasteiger partial charge in [-0.25, -0.2) is 0 Å². The molecule has 2 aromatic carbocycles. The molecule has 0 unspecified atom stereocenters. The highest BCUT2D eigenvalue weighted by molar-refractivity contribution is 7.93. The van der Waals surface area contributed by atoms with Gasteiger partial charge in [-0.3, -0.25) is 14.3 Å². The fourth-order valence-electron chi connectivity index (χ4n) is 1.92. The molecule has 2 rings (SSSR count). The van der Waals surface area contributed by atoms with E-state index in [2.05, 4.69) is 5.32 Å². The van der Waals surface area contributed by atoms with E-state index in [4.69, 9.17) is 0 Å². The molecule has 0 aliphatic rings. The maximum absolute atomic E-state index is 12.3. The molecule has 26 heavy (non-hydrogen) atoms. The molecule has 0 bridgehead atoms. The first-order valence-corrected chi connectivity index (χ1v) is 8.59. The van der Waals surface area contributed by atoms with E-state index in [1.165, 1.54) is 35.9 Å². The van der Waals surface area contributed by atoms with Crippen LogP contribution in [0.15, 0.2) is 48.5 Å². The fraction of sp³-hybridized carbons (Fsp3) is 0.125. The molecule has 0 atom stereocenters. The van der Waals surface area contributed by atoms with Gasteiger partial charge in [0.25, 0.3) is 5.91 Å². The lowest BCUT2D eigenvalue weighted by Crippen LogP contribution is -2.29. The van der Waals surface area contributed by atoms with Crippen molar-refractivity contribution in [1.82, 2.24) is 0 Å². The third kappa shape index (κ3) is 4.60. The number of sulfonamides is 1. The zero-order valence-corrected chi connectivity index (χ0v) is 14.1. The van der Waals surface area contributed by atoms with Crippen LogP contribution in [0.1, 0.15) is 27.6 Å². The molecule has 0 aliphatic carbocycles. The van der Waals surface area contributed by atoms with Gasteiger partial charge >= 0.3 is 15.5 Å². The van der Waals surface area contributed by atoms with Gasteiger partial charge in [-0.15, -0.1) is 0 Å². The summed E-state index contributed by atoms with van der Waals surface area (Å²) >= 11 is 0. The molecule has 1 amide bonds. The summed E-state index contributed by atoms with van der Waals surface area (Å²) in [5, 5.41) is 2.49. The van der Waals surface area contributed by atoms with Crippen LogP contribution in [-0.4, -0.2) is 25.6 Å². The minimum Gasteiger partial charge on any atom is -0.322 e. The molecule has 0 aromatic heterocycles. The van der Waals surface area contributed by atoms with E-state index >= 15 is 0 Å². The molecule has 0 aliphatic heterocycles. The molecule has 0 radical (unpaired) electrons. The number of hydrogen-bond acceptors (Lipinski definition) is 4. The molecular weight excluding hydrogens is 373 g/mol. The Labute approximate surface area is 147 Å². The quantitative estimate of drug-likeness (QED) is 0.771. The van der Waals surface area contributed by atoms with Crippen molar-refractivity contribution in [3.63, 3.8) is 0 Å². The van der Waals surface area contributed by atoms with E-state index in [1.54, 1.807) is 12.1 Å². The summed E-state index contributed by atoms with van der Waals surface area (Å²) in [5.41, 5.74) is -4.92. The number of hydrogen-bond donors (Lipinski definition) is 2. The van der Waals surface area contributed by atoms with Gasteiger partial charge in [0.15, 0.2) is 5.78 Å². The molecule has 10 heteroatoms. The average Bonchev–Trinajstić information content (AvgIpc) is 2.55. The number of amides is 1. The van der Waals surface area contributed by atoms with Crippen LogP contribution in [0.4, 0.5) is 24.5 Å². The second-order valence-corrected chi connectivity index (χ2v) is 6.89. The number of rotatable bonds is 5. The smallest absolute Gasteiger partial charge is 0.322 e. The van der Waals surface area contributed by atoms with Gasteiger partial charge in [-0.2, -0.15) is 21.6 Å². The Bertz CT molecular complexity index is 939. The predicted octanol–water partition coefficient (Wildman–Crippen LogP) is 3.40. The number of nitrogens with one attached hydrogen (secondary N) is 2. The standard InChI is InChI=1S/C16H13F3N2O4S/c1-10(22)11-3-2-4-12(9-11)15(23)20-13-5-7-14(8-6-13)21-26(24,25)16(17,18)19/h2-9,21H,1H3,(H,20,23). The molecule has 0 saturated heterocycles. The number of anilines is 2. The summed E-state index contributed by atoms with van der Waals surface area (Å²) in [6, 6.07) is 10.6. The minimum absolute atomic E-state index is 0.207. The van der Waals surface area contributed by atoms with E-state index in [0.29, 0.717) is 5.56 Å². The van der Waals surface area contributed by atoms with Gasteiger partial charge < -0.3 is 5.32 Å². The van der Waals surface area contributed by atoms with Gasteiger partial charge in [0.05, 0.1) is 0 Å². The van der Waals surface area contributed by atoms with Gasteiger partial charge in [-0.1, -0.05) is 12.1 Å². The van der Waals surface area contributed by atoms with Crippen LogP contribution < -0.4 is 10.0 Å². The number of benzene rings is 2. The number of alkyl halides is 3. The van der Waals surface area contributed by atoms with Crippen molar-refractivity contribution in [2.75, 3.05) is 10.0 Å². The number of carbonyl (C=O) groups excluding carboxylic acids is 2. The van der Waals surface area contributed by atoms with E-state index in [1.807, 2.05) is 0 Å². The first kappa shape index (κ1) is 19.4. The van der Waals surface area contributed by atoms with Crippen LogP contribution in [0.3, 0.4) is 0 Å². The Morgan fingerprint density at radius 2 is 1.46 bits per heavy atom. The highest BCUT2D eigenvalue weighted by atomic mass is 32.2. The maximum Gasteiger partial charge on any atom is 0.516 e. The Hall–Kier alpha value is -2.88. The Morgan fingerprint density at radius 1 is 0.923 bits per heavy atom. The maximum atomic E-state index is 12.3. The van der Waals surface area contributed by atoms with Crippen LogP contribution in [0.2, 0.25) is 0 Å². The largest absolute Gasteiger partial charge is 0.516 e. The first-order valence-electron chi connectivity index (χ1n) is 7.11. The SMILES string of the molecule is CC(=O)c1cccc(C(=O)Nc2ccc(NS(=O)(=O)C(F)(F)F)cc2)c1. The van der Waals surface area contributed by atoms with E-state index < -0.39 is 21.4 Å². The monoisotopic (exact) mass is 386 g/mol. The number of Topliss-reactive ketones (excluding diaryl/α,β-unsaturated/α-hetero) is 1. The van der Waals surface area contributed by atoms with Crippen molar-refractivity contribution in [3.8, 4) is 0 Å². The molecule has 0 fully saturated rings. The van der Waals surface area contributed by atoms with E-state index in [0.717, 1.165) is 12.1 Å². The van der Waals surface area contributed by atoms with Crippen molar-refractivity contribution < 1.29 is 31.2 Å². The lowest BCUT2D eigenvalue weighted by Gasteiger charge is -2.11. The summed E-state index contributed by atoms with van der Waals surface area (Å²) in [4.78, 5) is 23.5. The third-order valence-corrected chi connectivity index (χ3v) is 4.34. The molecular formula is C16H13F3N2O4S. The summed E-state index contributed by atoms with van der Waals surface area (Å²) < 4.78 is 60.4. The molecule has 0 spiro atoms. The second-order valence-electron chi connectivity index (χ2n) is 5.22. The lowest BCUT2D eigenvalue weighted by molar-refractivity contribution is -0.0429.